The third kappa shape index (κ3) is 2.79. The van der Waals surface area contributed by atoms with E-state index in [2.05, 4.69) is 5.32 Å². The van der Waals surface area contributed by atoms with Crippen molar-refractivity contribution in [2.45, 2.75) is 6.10 Å². The van der Waals surface area contributed by atoms with Crippen LogP contribution in [0.2, 0.25) is 15.1 Å². The Morgan fingerprint density at radius 3 is 2.57 bits per heavy atom. The van der Waals surface area contributed by atoms with Crippen molar-refractivity contribution in [2.24, 2.45) is 5.73 Å². The highest BCUT2D eigenvalue weighted by Crippen LogP contribution is 2.45. The van der Waals surface area contributed by atoms with Gasteiger partial charge in [0.25, 0.3) is 0 Å². The maximum atomic E-state index is 6.31. The number of rotatable bonds is 2. The van der Waals surface area contributed by atoms with Crippen LogP contribution in [-0.4, -0.2) is 19.2 Å². The van der Waals surface area contributed by atoms with Crippen LogP contribution in [0, 0.1) is 0 Å². The molecule has 0 saturated carbocycles. The molecule has 1 aliphatic rings. The molecule has 0 amide bonds. The first-order valence-corrected chi connectivity index (χ1v) is 7.62. The van der Waals surface area contributed by atoms with Crippen LogP contribution < -0.4 is 15.8 Å². The van der Waals surface area contributed by atoms with Gasteiger partial charge in [-0.25, -0.2) is 0 Å². The second-order valence-electron chi connectivity index (χ2n) is 4.78. The van der Waals surface area contributed by atoms with Crippen molar-refractivity contribution in [1.29, 1.82) is 0 Å². The van der Waals surface area contributed by atoms with E-state index in [0.29, 0.717) is 39.5 Å². The van der Waals surface area contributed by atoms with E-state index in [-0.39, 0.29) is 6.10 Å². The molecular weight excluding hydrogens is 331 g/mol. The molecule has 110 valence electrons. The highest BCUT2D eigenvalue weighted by molar-refractivity contribution is 6.42. The van der Waals surface area contributed by atoms with Gasteiger partial charge in [-0.15, -0.1) is 0 Å². The fourth-order valence-electron chi connectivity index (χ4n) is 2.36. The lowest BCUT2D eigenvalue weighted by Gasteiger charge is -2.28. The zero-order chi connectivity index (χ0) is 15.0. The highest BCUT2D eigenvalue weighted by atomic mass is 35.5. The summed E-state index contributed by atoms with van der Waals surface area (Å²) in [5, 5.41) is 4.78. The molecule has 2 aromatic rings. The van der Waals surface area contributed by atoms with E-state index in [0.717, 1.165) is 11.3 Å². The highest BCUT2D eigenvalue weighted by Gasteiger charge is 2.23. The van der Waals surface area contributed by atoms with Crippen molar-refractivity contribution in [3.05, 3.63) is 45.4 Å². The summed E-state index contributed by atoms with van der Waals surface area (Å²) in [6, 6.07) is 9.12. The summed E-state index contributed by atoms with van der Waals surface area (Å²) < 4.78 is 5.97. The zero-order valence-corrected chi connectivity index (χ0v) is 13.3. The molecule has 1 heterocycles. The number of nitrogens with one attached hydrogen (secondary N) is 1. The van der Waals surface area contributed by atoms with Crippen LogP contribution in [0.25, 0.3) is 11.1 Å². The van der Waals surface area contributed by atoms with Crippen LogP contribution in [0.15, 0.2) is 30.3 Å². The van der Waals surface area contributed by atoms with Crippen molar-refractivity contribution < 1.29 is 4.74 Å². The van der Waals surface area contributed by atoms with Crippen LogP contribution in [0.3, 0.4) is 0 Å². The maximum Gasteiger partial charge on any atom is 0.150 e. The molecule has 1 aliphatic heterocycles. The topological polar surface area (TPSA) is 47.3 Å². The molecule has 6 heteroatoms. The number of para-hydroxylation sites is 1. The molecule has 21 heavy (non-hydrogen) atoms. The number of halogens is 3. The molecule has 0 unspecified atom stereocenters. The van der Waals surface area contributed by atoms with Gasteiger partial charge in [0, 0.05) is 22.7 Å². The second kappa shape index (κ2) is 5.93. The smallest absolute Gasteiger partial charge is 0.150 e. The van der Waals surface area contributed by atoms with Gasteiger partial charge in [-0.05, 0) is 18.2 Å². The average Bonchev–Trinajstić information content (AvgIpc) is 2.46. The van der Waals surface area contributed by atoms with E-state index in [1.165, 1.54) is 0 Å². The minimum absolute atomic E-state index is 0.0801. The monoisotopic (exact) mass is 342 g/mol. The van der Waals surface area contributed by atoms with Gasteiger partial charge in [-0.2, -0.15) is 0 Å². The van der Waals surface area contributed by atoms with Crippen molar-refractivity contribution in [1.82, 2.24) is 0 Å². The Morgan fingerprint density at radius 2 is 1.90 bits per heavy atom. The number of anilines is 1. The van der Waals surface area contributed by atoms with Gasteiger partial charge in [0.1, 0.15) is 6.10 Å². The Bertz CT molecular complexity index is 668. The molecule has 2 aromatic carbocycles. The van der Waals surface area contributed by atoms with Gasteiger partial charge in [0.05, 0.1) is 22.3 Å². The largest absolute Gasteiger partial charge is 0.484 e. The molecule has 0 bridgehead atoms. The summed E-state index contributed by atoms with van der Waals surface area (Å²) in [5.74, 6) is 0.713. The number of nitrogens with two attached hydrogens (primary N) is 1. The van der Waals surface area contributed by atoms with Crippen molar-refractivity contribution >= 4 is 40.5 Å². The lowest BCUT2D eigenvalue weighted by atomic mass is 10.0. The first-order valence-electron chi connectivity index (χ1n) is 6.48. The molecule has 3 N–H and O–H groups in total. The zero-order valence-electron chi connectivity index (χ0n) is 11.0. The molecule has 0 saturated heterocycles. The van der Waals surface area contributed by atoms with Gasteiger partial charge in [0.15, 0.2) is 5.75 Å². The van der Waals surface area contributed by atoms with Crippen molar-refractivity contribution in [3.63, 3.8) is 0 Å². The normalized spacial score (nSPS) is 16.9. The van der Waals surface area contributed by atoms with Crippen LogP contribution in [0.1, 0.15) is 0 Å². The van der Waals surface area contributed by atoms with E-state index in [4.69, 9.17) is 45.3 Å². The summed E-state index contributed by atoms with van der Waals surface area (Å²) >= 11 is 18.6. The molecule has 3 nitrogen and oxygen atoms in total. The number of hydrogen-bond donors (Lipinski definition) is 2. The Hall–Kier alpha value is -1.13. The molecule has 0 radical (unpaired) electrons. The summed E-state index contributed by atoms with van der Waals surface area (Å²) in [7, 11) is 0. The molecule has 0 fully saturated rings. The second-order valence-corrected chi connectivity index (χ2v) is 6.03. The molecule has 1 atom stereocenters. The van der Waals surface area contributed by atoms with Crippen LogP contribution in [0.5, 0.6) is 5.75 Å². The summed E-state index contributed by atoms with van der Waals surface area (Å²) in [5.41, 5.74) is 8.13. The van der Waals surface area contributed by atoms with Gasteiger partial charge in [-0.3, -0.25) is 0 Å². The third-order valence-corrected chi connectivity index (χ3v) is 4.17. The van der Waals surface area contributed by atoms with Gasteiger partial charge in [0.2, 0.25) is 0 Å². The van der Waals surface area contributed by atoms with E-state index in [1.807, 2.05) is 18.2 Å². The van der Waals surface area contributed by atoms with Crippen molar-refractivity contribution in [2.75, 3.05) is 18.4 Å². The lowest BCUT2D eigenvalue weighted by Crippen LogP contribution is -2.37. The number of benzene rings is 2. The van der Waals surface area contributed by atoms with Crippen LogP contribution in [0.4, 0.5) is 5.69 Å². The first kappa shape index (κ1) is 14.8. The molecule has 0 aliphatic carbocycles. The Kier molecular flexibility index (Phi) is 4.18. The third-order valence-electron chi connectivity index (χ3n) is 3.36. The predicted molar refractivity (Wildman–Crippen MR) is 88.9 cm³/mol. The van der Waals surface area contributed by atoms with E-state index in [1.54, 1.807) is 12.1 Å². The standard InChI is InChI=1S/C15H13Cl3N2O/c16-8-4-11(17)14(12(18)5-8)10-2-1-3-13-15(10)21-9(6-19)7-20-13/h1-5,9,20H,6-7,19H2/t9-/m1/s1. The fourth-order valence-corrected chi connectivity index (χ4v) is 3.38. The number of hydrogen-bond acceptors (Lipinski definition) is 3. The Labute approximate surface area is 137 Å². The Balaban J connectivity index is 2.17. The number of ether oxygens (including phenoxy) is 1. The molecule has 0 aromatic heterocycles. The quantitative estimate of drug-likeness (QED) is 0.847. The maximum absolute atomic E-state index is 6.31. The van der Waals surface area contributed by atoms with E-state index < -0.39 is 0 Å². The summed E-state index contributed by atoms with van der Waals surface area (Å²) in [6.45, 7) is 1.11. The van der Waals surface area contributed by atoms with Crippen LogP contribution >= 0.6 is 34.8 Å². The minimum atomic E-state index is -0.0801. The lowest BCUT2D eigenvalue weighted by molar-refractivity contribution is 0.215. The SMILES string of the molecule is NC[C@@H]1CNc2cccc(-c3c(Cl)cc(Cl)cc3Cl)c2O1. The summed E-state index contributed by atoms with van der Waals surface area (Å²) in [6.07, 6.45) is -0.0801. The molecular formula is C15H13Cl3N2O. The van der Waals surface area contributed by atoms with Gasteiger partial charge < -0.3 is 15.8 Å². The van der Waals surface area contributed by atoms with Crippen molar-refractivity contribution in [3.8, 4) is 16.9 Å². The van der Waals surface area contributed by atoms with Crippen LogP contribution in [-0.2, 0) is 0 Å². The first-order chi connectivity index (χ1) is 10.1. The molecule has 3 rings (SSSR count). The van der Waals surface area contributed by atoms with Gasteiger partial charge >= 0.3 is 0 Å². The minimum Gasteiger partial charge on any atom is -0.484 e. The predicted octanol–water partition coefficient (Wildman–Crippen LogP) is 4.45. The van der Waals surface area contributed by atoms with E-state index >= 15 is 0 Å². The Morgan fingerprint density at radius 1 is 1.19 bits per heavy atom. The van der Waals surface area contributed by atoms with E-state index in [9.17, 15) is 0 Å². The fraction of sp³-hybridized carbons (Fsp3) is 0.200. The van der Waals surface area contributed by atoms with Gasteiger partial charge in [-0.1, -0.05) is 46.9 Å². The summed E-state index contributed by atoms with van der Waals surface area (Å²) in [4.78, 5) is 0. The molecule has 0 spiro atoms. The number of fused-ring (bicyclic) bond motifs is 1. The average molecular weight is 344 g/mol.